The molecule has 0 saturated heterocycles. The highest BCUT2D eigenvalue weighted by molar-refractivity contribution is 6.01. The van der Waals surface area contributed by atoms with Gasteiger partial charge < -0.3 is 19.9 Å². The lowest BCUT2D eigenvalue weighted by Gasteiger charge is -2.10. The number of carbonyl (C=O) groups excluding carboxylic acids is 1. The van der Waals surface area contributed by atoms with E-state index >= 15 is 0 Å². The summed E-state index contributed by atoms with van der Waals surface area (Å²) in [5, 5.41) is 20.0. The summed E-state index contributed by atoms with van der Waals surface area (Å²) >= 11 is 0. The van der Waals surface area contributed by atoms with Crippen LogP contribution in [0.4, 0.5) is 10.1 Å². The molecule has 1 aromatic heterocycles. The standard InChI is InChI=1S/C20H16FN3O4/c21-13-9-15-12(8-16(13)22-19(25)20(26)5-6-20)14(23-24-15)3-1-11-2-4-17-18(7-11)28-10-27-17/h1-4,7-9,26H,5-6,10H2,(H,22,25)(H,23,24)/b3-1+. The minimum absolute atomic E-state index is 0.0111. The first-order chi connectivity index (χ1) is 13.5. The van der Waals surface area contributed by atoms with Crippen LogP contribution in [0.25, 0.3) is 23.1 Å². The molecule has 0 spiro atoms. The Morgan fingerprint density at radius 3 is 2.86 bits per heavy atom. The molecule has 2 aliphatic rings. The summed E-state index contributed by atoms with van der Waals surface area (Å²) in [6.07, 6.45) is 4.41. The summed E-state index contributed by atoms with van der Waals surface area (Å²) in [4.78, 5) is 12.0. The van der Waals surface area contributed by atoms with Crippen molar-refractivity contribution < 1.29 is 23.8 Å². The maximum absolute atomic E-state index is 14.3. The number of H-pyrrole nitrogens is 1. The monoisotopic (exact) mass is 381 g/mol. The van der Waals surface area contributed by atoms with Crippen LogP contribution >= 0.6 is 0 Å². The first kappa shape index (κ1) is 16.8. The summed E-state index contributed by atoms with van der Waals surface area (Å²) in [6.45, 7) is 0.210. The number of aromatic nitrogens is 2. The Bertz CT molecular complexity index is 1130. The number of anilines is 1. The molecule has 0 unspecified atom stereocenters. The number of halogens is 1. The van der Waals surface area contributed by atoms with E-state index in [2.05, 4.69) is 15.5 Å². The molecule has 2 heterocycles. The molecule has 3 N–H and O–H groups in total. The minimum Gasteiger partial charge on any atom is -0.454 e. The number of rotatable bonds is 4. The normalized spacial score (nSPS) is 16.6. The van der Waals surface area contributed by atoms with Gasteiger partial charge in [0.25, 0.3) is 5.91 Å². The molecule has 1 saturated carbocycles. The Balaban J connectivity index is 1.44. The third-order valence-electron chi connectivity index (χ3n) is 4.90. The van der Waals surface area contributed by atoms with Gasteiger partial charge in [0.15, 0.2) is 11.5 Å². The Labute approximate surface area is 158 Å². The first-order valence-corrected chi connectivity index (χ1v) is 8.81. The number of nitrogens with zero attached hydrogens (tertiary/aromatic N) is 1. The van der Waals surface area contributed by atoms with Gasteiger partial charge in [-0.05, 0) is 42.7 Å². The van der Waals surface area contributed by atoms with Gasteiger partial charge in [-0.25, -0.2) is 4.39 Å². The molecule has 8 heteroatoms. The van der Waals surface area contributed by atoms with Crippen molar-refractivity contribution in [3.8, 4) is 11.5 Å². The van der Waals surface area contributed by atoms with E-state index in [1.165, 1.54) is 12.1 Å². The number of fused-ring (bicyclic) bond motifs is 2. The molecule has 1 fully saturated rings. The van der Waals surface area contributed by atoms with Gasteiger partial charge in [-0.1, -0.05) is 12.1 Å². The second kappa shape index (κ2) is 6.07. The summed E-state index contributed by atoms with van der Waals surface area (Å²) in [5.41, 5.74) is 0.628. The number of hydrogen-bond donors (Lipinski definition) is 3. The largest absolute Gasteiger partial charge is 0.454 e. The van der Waals surface area contributed by atoms with Gasteiger partial charge in [-0.2, -0.15) is 5.10 Å². The van der Waals surface area contributed by atoms with Gasteiger partial charge in [0.1, 0.15) is 11.4 Å². The van der Waals surface area contributed by atoms with Crippen molar-refractivity contribution >= 4 is 34.6 Å². The maximum atomic E-state index is 14.3. The third kappa shape index (κ3) is 2.87. The van der Waals surface area contributed by atoms with E-state index in [0.29, 0.717) is 40.9 Å². The molecule has 1 aliphatic heterocycles. The molecule has 0 radical (unpaired) electrons. The van der Waals surface area contributed by atoms with E-state index in [0.717, 1.165) is 5.56 Å². The number of carbonyl (C=O) groups is 1. The third-order valence-corrected chi connectivity index (χ3v) is 4.90. The molecule has 7 nitrogen and oxygen atoms in total. The fourth-order valence-electron chi connectivity index (χ4n) is 3.06. The van der Waals surface area contributed by atoms with Crippen LogP contribution in [0, 0.1) is 5.82 Å². The predicted molar refractivity (Wildman–Crippen MR) is 100 cm³/mol. The lowest BCUT2D eigenvalue weighted by molar-refractivity contribution is -0.125. The Hall–Kier alpha value is -3.39. The highest BCUT2D eigenvalue weighted by atomic mass is 19.1. The highest BCUT2D eigenvalue weighted by Crippen LogP contribution is 2.37. The minimum atomic E-state index is -1.38. The molecule has 5 rings (SSSR count). The summed E-state index contributed by atoms with van der Waals surface area (Å²) < 4.78 is 24.9. The van der Waals surface area contributed by atoms with E-state index in [1.807, 2.05) is 24.3 Å². The van der Waals surface area contributed by atoms with Crippen LogP contribution < -0.4 is 14.8 Å². The van der Waals surface area contributed by atoms with E-state index in [4.69, 9.17) is 9.47 Å². The molecular weight excluding hydrogens is 365 g/mol. The van der Waals surface area contributed by atoms with E-state index in [9.17, 15) is 14.3 Å². The molecule has 0 atom stereocenters. The predicted octanol–water partition coefficient (Wildman–Crippen LogP) is 3.06. The van der Waals surface area contributed by atoms with Crippen molar-refractivity contribution in [2.24, 2.45) is 0 Å². The molecule has 1 amide bonds. The summed E-state index contributed by atoms with van der Waals surface area (Å²) in [6, 6.07) is 8.36. The van der Waals surface area contributed by atoms with E-state index < -0.39 is 17.3 Å². The van der Waals surface area contributed by atoms with Gasteiger partial charge in [0.05, 0.1) is 16.9 Å². The van der Waals surface area contributed by atoms with Crippen LogP contribution in [0.5, 0.6) is 11.5 Å². The van der Waals surface area contributed by atoms with Gasteiger partial charge in [0.2, 0.25) is 6.79 Å². The van der Waals surface area contributed by atoms with Gasteiger partial charge in [-0.3, -0.25) is 9.89 Å². The number of benzene rings is 2. The van der Waals surface area contributed by atoms with Crippen LogP contribution in [-0.4, -0.2) is 33.6 Å². The van der Waals surface area contributed by atoms with E-state index in [1.54, 1.807) is 6.08 Å². The molecule has 2 aromatic carbocycles. The second-order valence-electron chi connectivity index (χ2n) is 6.92. The number of ether oxygens (including phenoxy) is 2. The van der Waals surface area contributed by atoms with Crippen molar-refractivity contribution in [3.63, 3.8) is 0 Å². The number of hydrogen-bond acceptors (Lipinski definition) is 5. The molecular formula is C20H16FN3O4. The Kier molecular flexibility index (Phi) is 3.63. The zero-order valence-corrected chi connectivity index (χ0v) is 14.7. The second-order valence-corrected chi connectivity index (χ2v) is 6.92. The topological polar surface area (TPSA) is 96.5 Å². The van der Waals surface area contributed by atoms with Crippen molar-refractivity contribution in [1.82, 2.24) is 10.2 Å². The lowest BCUT2D eigenvalue weighted by atomic mass is 10.1. The molecule has 1 aliphatic carbocycles. The van der Waals surface area contributed by atoms with Crippen molar-refractivity contribution in [2.75, 3.05) is 12.1 Å². The fourth-order valence-corrected chi connectivity index (χ4v) is 3.06. The fraction of sp³-hybridized carbons (Fsp3) is 0.200. The number of aliphatic hydroxyl groups is 1. The van der Waals surface area contributed by atoms with Crippen LogP contribution in [-0.2, 0) is 4.79 Å². The van der Waals surface area contributed by atoms with Crippen molar-refractivity contribution in [2.45, 2.75) is 18.4 Å². The van der Waals surface area contributed by atoms with Crippen molar-refractivity contribution in [1.29, 1.82) is 0 Å². The average Bonchev–Trinajstić information content (AvgIpc) is 3.11. The quantitative estimate of drug-likeness (QED) is 0.645. The SMILES string of the molecule is O=C(Nc1cc2c(/C=C/c3ccc4c(c3)OCO4)n[nH]c2cc1F)C1(O)CC1. The maximum Gasteiger partial charge on any atom is 0.256 e. The number of aromatic amines is 1. The average molecular weight is 381 g/mol. The van der Waals surface area contributed by atoms with Gasteiger partial charge >= 0.3 is 0 Å². The zero-order valence-electron chi connectivity index (χ0n) is 14.7. The van der Waals surface area contributed by atoms with Crippen LogP contribution in [0.15, 0.2) is 30.3 Å². The molecule has 0 bridgehead atoms. The number of amides is 1. The Morgan fingerprint density at radius 2 is 2.04 bits per heavy atom. The summed E-state index contributed by atoms with van der Waals surface area (Å²) in [5.74, 6) is 0.196. The van der Waals surface area contributed by atoms with Gasteiger partial charge in [-0.15, -0.1) is 0 Å². The number of nitrogens with one attached hydrogen (secondary N) is 2. The Morgan fingerprint density at radius 1 is 1.21 bits per heavy atom. The van der Waals surface area contributed by atoms with Crippen LogP contribution in [0.1, 0.15) is 24.1 Å². The smallest absolute Gasteiger partial charge is 0.256 e. The molecule has 142 valence electrons. The van der Waals surface area contributed by atoms with Gasteiger partial charge in [0, 0.05) is 11.5 Å². The lowest BCUT2D eigenvalue weighted by Crippen LogP contribution is -2.29. The zero-order chi connectivity index (χ0) is 19.3. The van der Waals surface area contributed by atoms with Crippen LogP contribution in [0.3, 0.4) is 0 Å². The van der Waals surface area contributed by atoms with Crippen LogP contribution in [0.2, 0.25) is 0 Å². The summed E-state index contributed by atoms with van der Waals surface area (Å²) in [7, 11) is 0. The van der Waals surface area contributed by atoms with E-state index in [-0.39, 0.29) is 12.5 Å². The molecule has 28 heavy (non-hydrogen) atoms. The first-order valence-electron chi connectivity index (χ1n) is 8.81. The highest BCUT2D eigenvalue weighted by Gasteiger charge is 2.48. The van der Waals surface area contributed by atoms with Crippen molar-refractivity contribution in [3.05, 3.63) is 47.4 Å². The molecule has 3 aromatic rings.